The van der Waals surface area contributed by atoms with E-state index in [4.69, 9.17) is 30.3 Å². The summed E-state index contributed by atoms with van der Waals surface area (Å²) in [5.74, 6) is 0.0862. The number of anilines is 3. The minimum absolute atomic E-state index is 0.128. The number of hydrogen-bond donors (Lipinski definition) is 4. The van der Waals surface area contributed by atoms with E-state index in [-0.39, 0.29) is 19.8 Å². The molecule has 0 aliphatic rings. The maximum atomic E-state index is 12.9. The molecule has 0 saturated heterocycles. The van der Waals surface area contributed by atoms with Gasteiger partial charge in [-0.2, -0.15) is 5.26 Å². The van der Waals surface area contributed by atoms with Gasteiger partial charge in [-0.05, 0) is 67.1 Å². The van der Waals surface area contributed by atoms with Crippen LogP contribution in [0.15, 0.2) is 84.9 Å². The zero-order valence-corrected chi connectivity index (χ0v) is 21.4. The maximum Gasteiger partial charge on any atom is 0.412 e. The number of hydrogen-bond acceptors (Lipinski definition) is 8. The molecule has 0 aromatic heterocycles. The van der Waals surface area contributed by atoms with E-state index in [2.05, 4.69) is 10.6 Å². The number of nitriles is 1. The molecule has 0 aliphatic carbocycles. The Kier molecular flexibility index (Phi) is 10.9. The Morgan fingerprint density at radius 2 is 1.77 bits per heavy atom. The third-order valence-electron chi connectivity index (χ3n) is 5.38. The highest BCUT2D eigenvalue weighted by Crippen LogP contribution is 2.28. The normalized spacial score (nSPS) is 12.2. The van der Waals surface area contributed by atoms with Crippen LogP contribution in [0.2, 0.25) is 0 Å². The molecule has 0 radical (unpaired) electrons. The number of carbonyl (C=O) groups excluding carboxylic acids is 2. The van der Waals surface area contributed by atoms with Crippen molar-refractivity contribution in [3.8, 4) is 11.8 Å². The second-order valence-electron chi connectivity index (χ2n) is 8.14. The van der Waals surface area contributed by atoms with Gasteiger partial charge in [0.15, 0.2) is 6.10 Å². The van der Waals surface area contributed by atoms with Crippen molar-refractivity contribution in [2.45, 2.75) is 19.1 Å². The minimum Gasteiger partial charge on any atom is -0.491 e. The fourth-order valence-electron chi connectivity index (χ4n) is 3.54. The minimum atomic E-state index is -0.943. The van der Waals surface area contributed by atoms with Gasteiger partial charge in [0.25, 0.3) is 0 Å². The van der Waals surface area contributed by atoms with Gasteiger partial charge in [0.05, 0.1) is 29.6 Å². The number of carbonyl (C=O) groups is 2. The lowest BCUT2D eigenvalue weighted by Gasteiger charge is -2.25. The highest BCUT2D eigenvalue weighted by atomic mass is 16.6. The molecular weight excluding hydrogens is 500 g/mol. The summed E-state index contributed by atoms with van der Waals surface area (Å²) in [6, 6.07) is 22.0. The first-order valence-corrected chi connectivity index (χ1v) is 12.2. The Balaban J connectivity index is 1.83. The second kappa shape index (κ2) is 14.8. The molecule has 2 amide bonds. The van der Waals surface area contributed by atoms with Gasteiger partial charge in [0, 0.05) is 18.4 Å². The van der Waals surface area contributed by atoms with Crippen molar-refractivity contribution < 1.29 is 28.9 Å². The summed E-state index contributed by atoms with van der Waals surface area (Å²) in [7, 11) is 0. The van der Waals surface area contributed by atoms with E-state index in [1.165, 1.54) is 12.2 Å². The number of ether oxygens (including phenoxy) is 3. The van der Waals surface area contributed by atoms with Gasteiger partial charge in [-0.3, -0.25) is 10.1 Å². The SMILES string of the molecule is CCO[C@H](/C=C/C(=O)Nc1ccccc1N)[C@H](OC(=O)Nc1ccc(C#N)cc1)c1ccc(OCCO)cc1. The lowest BCUT2D eigenvalue weighted by molar-refractivity contribution is -0.112. The van der Waals surface area contributed by atoms with Crippen molar-refractivity contribution in [3.05, 3.63) is 96.1 Å². The average molecular weight is 531 g/mol. The van der Waals surface area contributed by atoms with Gasteiger partial charge in [0.2, 0.25) is 5.91 Å². The second-order valence-corrected chi connectivity index (χ2v) is 8.14. The number of nitrogen functional groups attached to an aromatic ring is 1. The third kappa shape index (κ3) is 8.89. The molecule has 3 aromatic rings. The van der Waals surface area contributed by atoms with Crippen LogP contribution in [0.3, 0.4) is 0 Å². The summed E-state index contributed by atoms with van der Waals surface area (Å²) in [4.78, 5) is 25.5. The van der Waals surface area contributed by atoms with Crippen molar-refractivity contribution in [2.24, 2.45) is 0 Å². The smallest absolute Gasteiger partial charge is 0.412 e. The third-order valence-corrected chi connectivity index (χ3v) is 5.38. The van der Waals surface area contributed by atoms with Gasteiger partial charge < -0.3 is 30.4 Å². The van der Waals surface area contributed by atoms with Crippen molar-refractivity contribution in [2.75, 3.05) is 36.2 Å². The molecule has 3 aromatic carbocycles. The standard InChI is InChI=1S/C29H30N4O6/c1-2-37-26(15-16-27(35)33-25-6-4-3-5-24(25)31)28(21-9-13-23(14-10-21)38-18-17-34)39-29(36)32-22-11-7-20(19-30)8-12-22/h3-16,26,28,34H,2,17-18,31H2,1H3,(H,32,36)(H,33,35)/b16-15+/t26-,28-/m1/s1. The van der Waals surface area contributed by atoms with Gasteiger partial charge >= 0.3 is 6.09 Å². The van der Waals surface area contributed by atoms with Crippen LogP contribution in [-0.4, -0.2) is 43.0 Å². The molecule has 3 rings (SSSR count). The first-order chi connectivity index (χ1) is 18.9. The predicted octanol–water partition coefficient (Wildman–Crippen LogP) is 4.40. The maximum absolute atomic E-state index is 12.9. The fraction of sp³-hybridized carbons (Fsp3) is 0.207. The number of para-hydroxylation sites is 2. The van der Waals surface area contributed by atoms with E-state index in [1.54, 1.807) is 79.7 Å². The summed E-state index contributed by atoms with van der Waals surface area (Å²) >= 11 is 0. The van der Waals surface area contributed by atoms with Crippen LogP contribution in [0.5, 0.6) is 5.75 Å². The molecule has 0 spiro atoms. The van der Waals surface area contributed by atoms with E-state index in [0.717, 1.165) is 0 Å². The van der Waals surface area contributed by atoms with Crippen molar-refractivity contribution >= 4 is 29.1 Å². The fourth-order valence-corrected chi connectivity index (χ4v) is 3.54. The van der Waals surface area contributed by atoms with Crippen LogP contribution in [-0.2, 0) is 14.3 Å². The Labute approximate surface area is 226 Å². The summed E-state index contributed by atoms with van der Waals surface area (Å²) in [6.07, 6.45) is 0.268. The lowest BCUT2D eigenvalue weighted by Crippen LogP contribution is -2.28. The summed E-state index contributed by atoms with van der Waals surface area (Å²) < 4.78 is 17.1. The molecule has 0 aliphatic heterocycles. The van der Waals surface area contributed by atoms with Crippen molar-refractivity contribution in [1.29, 1.82) is 5.26 Å². The Morgan fingerprint density at radius 1 is 1.05 bits per heavy atom. The van der Waals surface area contributed by atoms with Crippen LogP contribution in [0.1, 0.15) is 24.2 Å². The molecule has 0 saturated carbocycles. The van der Waals surface area contributed by atoms with E-state index >= 15 is 0 Å². The Hall–Kier alpha value is -4.85. The van der Waals surface area contributed by atoms with Gasteiger partial charge in [-0.15, -0.1) is 0 Å². The van der Waals surface area contributed by atoms with Crippen LogP contribution in [0.4, 0.5) is 21.9 Å². The number of rotatable bonds is 12. The summed E-state index contributed by atoms with van der Waals surface area (Å²) in [6.45, 7) is 2.07. The average Bonchev–Trinajstić information content (AvgIpc) is 2.95. The van der Waals surface area contributed by atoms with Crippen LogP contribution < -0.4 is 21.1 Å². The number of nitrogens with two attached hydrogens (primary N) is 1. The first kappa shape index (κ1) is 28.7. The number of amides is 2. The molecule has 0 unspecified atom stereocenters. The number of aliphatic hydroxyl groups is 1. The molecule has 39 heavy (non-hydrogen) atoms. The zero-order valence-electron chi connectivity index (χ0n) is 21.4. The quantitative estimate of drug-likeness (QED) is 0.198. The molecular formula is C29H30N4O6. The van der Waals surface area contributed by atoms with E-state index in [9.17, 15) is 9.59 Å². The van der Waals surface area contributed by atoms with Crippen molar-refractivity contribution in [1.82, 2.24) is 0 Å². The van der Waals surface area contributed by atoms with E-state index < -0.39 is 24.2 Å². The lowest BCUT2D eigenvalue weighted by atomic mass is 10.0. The largest absolute Gasteiger partial charge is 0.491 e. The van der Waals surface area contributed by atoms with Crippen molar-refractivity contribution in [3.63, 3.8) is 0 Å². The van der Waals surface area contributed by atoms with Crippen LogP contribution in [0, 0.1) is 11.3 Å². The van der Waals surface area contributed by atoms with Gasteiger partial charge in [-0.1, -0.05) is 24.3 Å². The zero-order chi connectivity index (χ0) is 28.0. The molecule has 2 atom stereocenters. The molecule has 202 valence electrons. The number of nitrogens with zero attached hydrogens (tertiary/aromatic N) is 1. The Bertz CT molecular complexity index is 1300. The molecule has 0 bridgehead atoms. The number of benzene rings is 3. The molecule has 10 nitrogen and oxygen atoms in total. The molecule has 5 N–H and O–H groups in total. The van der Waals surface area contributed by atoms with E-state index in [0.29, 0.717) is 33.9 Å². The molecule has 0 fully saturated rings. The van der Waals surface area contributed by atoms with Gasteiger partial charge in [-0.25, -0.2) is 4.79 Å². The summed E-state index contributed by atoms with van der Waals surface area (Å²) in [5.41, 5.74) is 8.26. The van der Waals surface area contributed by atoms with Crippen LogP contribution in [0.25, 0.3) is 0 Å². The highest BCUT2D eigenvalue weighted by Gasteiger charge is 2.26. The van der Waals surface area contributed by atoms with Crippen LogP contribution >= 0.6 is 0 Å². The monoisotopic (exact) mass is 530 g/mol. The van der Waals surface area contributed by atoms with Gasteiger partial charge in [0.1, 0.15) is 18.5 Å². The summed E-state index contributed by atoms with van der Waals surface area (Å²) in [5, 5.41) is 23.3. The Morgan fingerprint density at radius 3 is 2.41 bits per heavy atom. The topological polar surface area (TPSA) is 156 Å². The molecule has 10 heteroatoms. The van der Waals surface area contributed by atoms with E-state index in [1.807, 2.05) is 6.07 Å². The predicted molar refractivity (Wildman–Crippen MR) is 147 cm³/mol. The molecule has 0 heterocycles. The first-order valence-electron chi connectivity index (χ1n) is 12.2. The highest BCUT2D eigenvalue weighted by molar-refractivity contribution is 6.01. The number of aliphatic hydroxyl groups excluding tert-OH is 1. The number of nitrogens with one attached hydrogen (secondary N) is 2.